The number of aryl methyl sites for hydroxylation is 1. The van der Waals surface area contributed by atoms with Crippen LogP contribution in [0.4, 0.5) is 0 Å². The van der Waals surface area contributed by atoms with Gasteiger partial charge < -0.3 is 14.4 Å². The van der Waals surface area contributed by atoms with E-state index >= 15 is 0 Å². The largest absolute Gasteiger partial charge is 0.486 e. The summed E-state index contributed by atoms with van der Waals surface area (Å²) in [6.07, 6.45) is -0.192. The van der Waals surface area contributed by atoms with Crippen molar-refractivity contribution in [1.82, 2.24) is 14.7 Å². The van der Waals surface area contributed by atoms with Crippen molar-refractivity contribution in [3.8, 4) is 11.5 Å². The zero-order valence-electron chi connectivity index (χ0n) is 14.5. The molecule has 3 rings (SSSR count). The molecule has 6 heteroatoms. The highest BCUT2D eigenvalue weighted by Crippen LogP contribution is 2.31. The van der Waals surface area contributed by atoms with Crippen LogP contribution in [0.15, 0.2) is 30.3 Å². The van der Waals surface area contributed by atoms with E-state index in [1.165, 1.54) is 0 Å². The minimum Gasteiger partial charge on any atom is -0.486 e. The molecule has 0 aliphatic carbocycles. The van der Waals surface area contributed by atoms with Gasteiger partial charge in [0.1, 0.15) is 6.61 Å². The summed E-state index contributed by atoms with van der Waals surface area (Å²) in [7, 11) is 1.76. The molecule has 1 aromatic carbocycles. The van der Waals surface area contributed by atoms with Crippen molar-refractivity contribution in [2.45, 2.75) is 32.9 Å². The first kappa shape index (κ1) is 16.4. The number of fused-ring (bicyclic) bond motifs is 1. The summed E-state index contributed by atoms with van der Waals surface area (Å²) in [6.45, 7) is 6.92. The molecule has 24 heavy (non-hydrogen) atoms. The lowest BCUT2D eigenvalue weighted by molar-refractivity contribution is 0.0516. The van der Waals surface area contributed by atoms with E-state index in [4.69, 9.17) is 9.47 Å². The van der Waals surface area contributed by atoms with Crippen molar-refractivity contribution >= 4 is 5.91 Å². The summed E-state index contributed by atoms with van der Waals surface area (Å²) in [6, 6.07) is 9.61. The van der Waals surface area contributed by atoms with Crippen LogP contribution in [-0.2, 0) is 0 Å². The number of carbonyl (C=O) groups is 1. The average molecular weight is 329 g/mol. The minimum absolute atomic E-state index is 0.111. The van der Waals surface area contributed by atoms with E-state index in [0.717, 1.165) is 17.2 Å². The van der Waals surface area contributed by atoms with Crippen LogP contribution in [0.1, 0.15) is 36.1 Å². The Bertz CT molecular complexity index is 739. The lowest BCUT2D eigenvalue weighted by Gasteiger charge is -2.29. The number of carbonyl (C=O) groups excluding carboxylic acids is 1. The molecule has 0 N–H and O–H groups in total. The maximum Gasteiger partial charge on any atom is 0.274 e. The highest BCUT2D eigenvalue weighted by atomic mass is 16.6. The monoisotopic (exact) mass is 329 g/mol. The number of rotatable bonds is 4. The van der Waals surface area contributed by atoms with E-state index in [1.54, 1.807) is 11.9 Å². The zero-order chi connectivity index (χ0) is 17.3. The summed E-state index contributed by atoms with van der Waals surface area (Å²) in [5.41, 5.74) is 1.44. The first-order valence-corrected chi connectivity index (χ1v) is 8.16. The van der Waals surface area contributed by atoms with E-state index in [0.29, 0.717) is 18.8 Å². The molecule has 1 unspecified atom stereocenters. The second-order valence-electron chi connectivity index (χ2n) is 6.39. The Morgan fingerprint density at radius 2 is 2.08 bits per heavy atom. The van der Waals surface area contributed by atoms with Gasteiger partial charge >= 0.3 is 0 Å². The molecule has 6 nitrogen and oxygen atoms in total. The number of ether oxygens (including phenoxy) is 2. The Morgan fingerprint density at radius 1 is 1.38 bits per heavy atom. The Labute approximate surface area is 142 Å². The first-order chi connectivity index (χ1) is 11.5. The second kappa shape index (κ2) is 6.55. The van der Waals surface area contributed by atoms with Gasteiger partial charge in [0.05, 0.1) is 6.54 Å². The topological polar surface area (TPSA) is 56.6 Å². The molecule has 1 atom stereocenters. The van der Waals surface area contributed by atoms with Crippen LogP contribution in [0.2, 0.25) is 0 Å². The molecule has 1 amide bonds. The van der Waals surface area contributed by atoms with E-state index in [1.807, 2.05) is 55.8 Å². The van der Waals surface area contributed by atoms with Crippen LogP contribution in [0, 0.1) is 6.92 Å². The Kier molecular flexibility index (Phi) is 4.46. The van der Waals surface area contributed by atoms with E-state index in [-0.39, 0.29) is 18.1 Å². The van der Waals surface area contributed by atoms with Crippen LogP contribution in [-0.4, -0.2) is 46.9 Å². The third-order valence-corrected chi connectivity index (χ3v) is 4.02. The van der Waals surface area contributed by atoms with Gasteiger partial charge in [-0.05, 0) is 39.0 Å². The number of likely N-dealkylation sites (N-methyl/N-ethyl adjacent to an activating group) is 1. The lowest BCUT2D eigenvalue weighted by atomic mass is 10.2. The van der Waals surface area contributed by atoms with E-state index in [2.05, 4.69) is 5.10 Å². The Morgan fingerprint density at radius 3 is 2.75 bits per heavy atom. The fourth-order valence-electron chi connectivity index (χ4n) is 2.85. The molecule has 2 aromatic rings. The SMILES string of the molecule is Cc1cc(C(=O)N(C)CC2COc3ccccc3O2)nn1C(C)C. The molecule has 0 saturated carbocycles. The van der Waals surface area contributed by atoms with Gasteiger partial charge in [-0.1, -0.05) is 12.1 Å². The Balaban J connectivity index is 1.66. The molecule has 128 valence electrons. The van der Waals surface area contributed by atoms with Gasteiger partial charge in [-0.25, -0.2) is 0 Å². The molecule has 0 spiro atoms. The summed E-state index contributed by atoms with van der Waals surface area (Å²) < 4.78 is 13.5. The molecule has 0 radical (unpaired) electrons. The van der Waals surface area contributed by atoms with Crippen LogP contribution >= 0.6 is 0 Å². The van der Waals surface area contributed by atoms with Crippen molar-refractivity contribution in [2.75, 3.05) is 20.2 Å². The summed E-state index contributed by atoms with van der Waals surface area (Å²) in [5.74, 6) is 1.35. The molecular weight excluding hydrogens is 306 g/mol. The normalized spacial score (nSPS) is 16.3. The van der Waals surface area contributed by atoms with Gasteiger partial charge in [0, 0.05) is 18.8 Å². The van der Waals surface area contributed by atoms with Crippen LogP contribution in [0.5, 0.6) is 11.5 Å². The smallest absolute Gasteiger partial charge is 0.274 e. The third-order valence-electron chi connectivity index (χ3n) is 4.02. The standard InChI is InChI=1S/C18H23N3O3/c1-12(2)21-13(3)9-15(19-21)18(22)20(4)10-14-11-23-16-7-5-6-8-17(16)24-14/h5-9,12,14H,10-11H2,1-4H3. The minimum atomic E-state index is -0.192. The van der Waals surface area contributed by atoms with Crippen molar-refractivity contribution < 1.29 is 14.3 Å². The summed E-state index contributed by atoms with van der Waals surface area (Å²) in [5, 5.41) is 4.41. The average Bonchev–Trinajstić information content (AvgIpc) is 2.96. The second-order valence-corrected chi connectivity index (χ2v) is 6.39. The molecule has 0 bridgehead atoms. The van der Waals surface area contributed by atoms with Gasteiger partial charge in [0.15, 0.2) is 23.3 Å². The summed E-state index contributed by atoms with van der Waals surface area (Å²) >= 11 is 0. The van der Waals surface area contributed by atoms with E-state index < -0.39 is 0 Å². The number of para-hydroxylation sites is 2. The lowest BCUT2D eigenvalue weighted by Crippen LogP contribution is -2.41. The van der Waals surface area contributed by atoms with Gasteiger partial charge in [-0.15, -0.1) is 0 Å². The number of benzene rings is 1. The molecule has 0 fully saturated rings. The van der Waals surface area contributed by atoms with Crippen LogP contribution in [0.3, 0.4) is 0 Å². The number of nitrogens with zero attached hydrogens (tertiary/aromatic N) is 3. The van der Waals surface area contributed by atoms with Gasteiger partial charge in [0.25, 0.3) is 5.91 Å². The molecular formula is C18H23N3O3. The van der Waals surface area contributed by atoms with Gasteiger partial charge in [-0.2, -0.15) is 5.10 Å². The maximum atomic E-state index is 12.6. The highest BCUT2D eigenvalue weighted by Gasteiger charge is 2.25. The molecule has 2 heterocycles. The maximum absolute atomic E-state index is 12.6. The predicted octanol–water partition coefficient (Wildman–Crippen LogP) is 2.68. The highest BCUT2D eigenvalue weighted by molar-refractivity contribution is 5.92. The number of amides is 1. The van der Waals surface area contributed by atoms with Crippen molar-refractivity contribution in [1.29, 1.82) is 0 Å². The number of hydrogen-bond donors (Lipinski definition) is 0. The van der Waals surface area contributed by atoms with Crippen LogP contribution < -0.4 is 9.47 Å². The van der Waals surface area contributed by atoms with E-state index in [9.17, 15) is 4.79 Å². The molecule has 0 saturated heterocycles. The number of aromatic nitrogens is 2. The number of hydrogen-bond acceptors (Lipinski definition) is 4. The zero-order valence-corrected chi connectivity index (χ0v) is 14.5. The molecule has 1 aliphatic rings. The fourth-order valence-corrected chi connectivity index (χ4v) is 2.85. The van der Waals surface area contributed by atoms with Crippen molar-refractivity contribution in [3.05, 3.63) is 41.7 Å². The van der Waals surface area contributed by atoms with Gasteiger partial charge in [0.2, 0.25) is 0 Å². The quantitative estimate of drug-likeness (QED) is 0.865. The van der Waals surface area contributed by atoms with Crippen LogP contribution in [0.25, 0.3) is 0 Å². The third kappa shape index (κ3) is 3.22. The van der Waals surface area contributed by atoms with Gasteiger partial charge in [-0.3, -0.25) is 9.48 Å². The predicted molar refractivity (Wildman–Crippen MR) is 90.7 cm³/mol. The molecule has 1 aliphatic heterocycles. The Hall–Kier alpha value is -2.50. The van der Waals surface area contributed by atoms with Crippen molar-refractivity contribution in [2.24, 2.45) is 0 Å². The first-order valence-electron chi connectivity index (χ1n) is 8.16. The molecule has 1 aromatic heterocycles. The summed E-state index contributed by atoms with van der Waals surface area (Å²) in [4.78, 5) is 14.2. The fraction of sp³-hybridized carbons (Fsp3) is 0.444. The van der Waals surface area contributed by atoms with Crippen molar-refractivity contribution in [3.63, 3.8) is 0 Å².